The van der Waals surface area contributed by atoms with Crippen LogP contribution in [0.2, 0.25) is 0 Å². The summed E-state index contributed by atoms with van der Waals surface area (Å²) in [5.74, 6) is 0. The Kier molecular flexibility index (Phi) is 18.3. The van der Waals surface area contributed by atoms with Gasteiger partial charge < -0.3 is 5.11 Å². The highest BCUT2D eigenvalue weighted by atomic mass is 79.9. The summed E-state index contributed by atoms with van der Waals surface area (Å²) >= 11 is 0. The fourth-order valence-corrected chi connectivity index (χ4v) is 1.56. The highest BCUT2D eigenvalue weighted by Gasteiger charge is 2.01. The molecule has 2 N–H and O–H groups in total. The number of halogens is 1. The van der Waals surface area contributed by atoms with Crippen molar-refractivity contribution in [2.24, 2.45) is 0 Å². The first-order chi connectivity index (χ1) is 8.31. The fourth-order valence-electron chi connectivity index (χ4n) is 1.56. The van der Waals surface area contributed by atoms with Gasteiger partial charge in [-0.05, 0) is 12.8 Å². The molecular formula is C13H28BrN3O. The molecular weight excluding hydrogens is 294 g/mol. The Hall–Kier alpha value is -0.420. The van der Waals surface area contributed by atoms with Gasteiger partial charge in [-0.1, -0.05) is 52.4 Å². The summed E-state index contributed by atoms with van der Waals surface area (Å²) in [7, 11) is 0. The van der Waals surface area contributed by atoms with Crippen LogP contribution in [0.15, 0.2) is 12.7 Å². The molecule has 0 radical (unpaired) electrons. The van der Waals surface area contributed by atoms with Gasteiger partial charge in [-0.3, -0.25) is 5.10 Å². The number of aliphatic hydroxyl groups is 1. The second-order valence-electron chi connectivity index (χ2n) is 4.30. The Balaban J connectivity index is 0. The monoisotopic (exact) mass is 321 g/mol. The van der Waals surface area contributed by atoms with Gasteiger partial charge in [0.1, 0.15) is 12.7 Å². The summed E-state index contributed by atoms with van der Waals surface area (Å²) in [4.78, 5) is 3.56. The Morgan fingerprint density at radius 3 is 2.17 bits per heavy atom. The number of nitrogens with one attached hydrogen (secondary N) is 1. The zero-order valence-corrected chi connectivity index (χ0v) is 13.4. The normalized spacial score (nSPS) is 11.1. The number of hydrogen-bond donors (Lipinski definition) is 2. The molecule has 5 heteroatoms. The molecule has 0 aliphatic carbocycles. The Bertz CT molecular complexity index is 203. The number of nitrogens with zero attached hydrogens (tertiary/aromatic N) is 2. The molecule has 0 bridgehead atoms. The lowest BCUT2D eigenvalue weighted by Gasteiger charge is -2.08. The van der Waals surface area contributed by atoms with Gasteiger partial charge in [0.05, 0.1) is 6.10 Å². The molecule has 1 aromatic rings. The molecule has 0 aliphatic heterocycles. The van der Waals surface area contributed by atoms with Crippen molar-refractivity contribution >= 4 is 17.0 Å². The molecule has 0 saturated carbocycles. The lowest BCUT2D eigenvalue weighted by Crippen LogP contribution is -2.05. The SMILES string of the molecule is Br.CCCCCCC(O)CCCC.c1nc[nH]n1. The first kappa shape index (κ1) is 19.9. The van der Waals surface area contributed by atoms with E-state index in [0.29, 0.717) is 0 Å². The summed E-state index contributed by atoms with van der Waals surface area (Å²) < 4.78 is 0. The molecule has 18 heavy (non-hydrogen) atoms. The molecule has 108 valence electrons. The molecule has 0 saturated heterocycles. The van der Waals surface area contributed by atoms with Crippen LogP contribution in [-0.2, 0) is 0 Å². The number of aromatic amines is 1. The second-order valence-corrected chi connectivity index (χ2v) is 4.30. The maximum absolute atomic E-state index is 9.48. The van der Waals surface area contributed by atoms with Crippen LogP contribution in [0.3, 0.4) is 0 Å². The van der Waals surface area contributed by atoms with Crippen LogP contribution >= 0.6 is 17.0 Å². The highest BCUT2D eigenvalue weighted by Crippen LogP contribution is 2.10. The van der Waals surface area contributed by atoms with E-state index in [4.69, 9.17) is 0 Å². The molecule has 0 aromatic carbocycles. The Morgan fingerprint density at radius 1 is 1.06 bits per heavy atom. The maximum atomic E-state index is 9.48. The molecule has 1 heterocycles. The van der Waals surface area contributed by atoms with Gasteiger partial charge >= 0.3 is 0 Å². The quantitative estimate of drug-likeness (QED) is 0.714. The number of rotatable bonds is 8. The van der Waals surface area contributed by atoms with E-state index >= 15 is 0 Å². The van der Waals surface area contributed by atoms with Crippen molar-refractivity contribution in [3.05, 3.63) is 12.7 Å². The van der Waals surface area contributed by atoms with Crippen molar-refractivity contribution < 1.29 is 5.11 Å². The van der Waals surface area contributed by atoms with E-state index in [9.17, 15) is 5.11 Å². The predicted octanol–water partition coefficient (Wildman–Crippen LogP) is 3.89. The summed E-state index contributed by atoms with van der Waals surface area (Å²) in [6, 6.07) is 0. The first-order valence-electron chi connectivity index (χ1n) is 6.78. The number of H-pyrrole nitrogens is 1. The van der Waals surface area contributed by atoms with E-state index in [-0.39, 0.29) is 23.1 Å². The van der Waals surface area contributed by atoms with E-state index in [1.54, 1.807) is 0 Å². The zero-order valence-electron chi connectivity index (χ0n) is 11.6. The van der Waals surface area contributed by atoms with Crippen molar-refractivity contribution in [1.29, 1.82) is 0 Å². The van der Waals surface area contributed by atoms with Crippen molar-refractivity contribution in [2.75, 3.05) is 0 Å². The van der Waals surface area contributed by atoms with E-state index in [2.05, 4.69) is 29.0 Å². The predicted molar refractivity (Wildman–Crippen MR) is 81.0 cm³/mol. The average Bonchev–Trinajstić information content (AvgIpc) is 2.91. The van der Waals surface area contributed by atoms with Gasteiger partial charge in [0.15, 0.2) is 0 Å². The van der Waals surface area contributed by atoms with Gasteiger partial charge in [-0.2, -0.15) is 5.10 Å². The first-order valence-corrected chi connectivity index (χ1v) is 6.78. The van der Waals surface area contributed by atoms with Crippen molar-refractivity contribution in [3.63, 3.8) is 0 Å². The van der Waals surface area contributed by atoms with Crippen LogP contribution in [0, 0.1) is 0 Å². The average molecular weight is 322 g/mol. The fraction of sp³-hybridized carbons (Fsp3) is 0.846. The minimum absolute atomic E-state index is 0. The lowest BCUT2D eigenvalue weighted by molar-refractivity contribution is 0.148. The molecule has 1 unspecified atom stereocenters. The Labute approximate surface area is 121 Å². The van der Waals surface area contributed by atoms with Gasteiger partial charge in [0, 0.05) is 0 Å². The largest absolute Gasteiger partial charge is 0.393 e. The number of unbranched alkanes of at least 4 members (excludes halogenated alkanes) is 4. The molecule has 0 aliphatic rings. The molecule has 0 fully saturated rings. The summed E-state index contributed by atoms with van der Waals surface area (Å²) in [6.45, 7) is 4.39. The molecule has 0 amide bonds. The number of hydrogen-bond acceptors (Lipinski definition) is 3. The van der Waals surface area contributed by atoms with Crippen LogP contribution in [-0.4, -0.2) is 26.4 Å². The van der Waals surface area contributed by atoms with Crippen molar-refractivity contribution in [1.82, 2.24) is 15.2 Å². The molecule has 1 atom stereocenters. The second kappa shape index (κ2) is 16.6. The molecule has 4 nitrogen and oxygen atoms in total. The molecule has 1 rings (SSSR count). The van der Waals surface area contributed by atoms with Crippen LogP contribution in [0.5, 0.6) is 0 Å². The third kappa shape index (κ3) is 15.6. The van der Waals surface area contributed by atoms with Gasteiger partial charge in [0.2, 0.25) is 0 Å². The number of aliphatic hydroxyl groups excluding tert-OH is 1. The van der Waals surface area contributed by atoms with Gasteiger partial charge in [0.25, 0.3) is 0 Å². The summed E-state index contributed by atoms with van der Waals surface area (Å²) in [6.07, 6.45) is 12.4. The highest BCUT2D eigenvalue weighted by molar-refractivity contribution is 8.93. The topological polar surface area (TPSA) is 61.8 Å². The lowest BCUT2D eigenvalue weighted by atomic mass is 10.1. The Morgan fingerprint density at radius 2 is 1.72 bits per heavy atom. The maximum Gasteiger partial charge on any atom is 0.137 e. The minimum Gasteiger partial charge on any atom is -0.393 e. The van der Waals surface area contributed by atoms with E-state index in [1.165, 1.54) is 51.2 Å². The van der Waals surface area contributed by atoms with Crippen LogP contribution in [0.25, 0.3) is 0 Å². The van der Waals surface area contributed by atoms with Gasteiger partial charge in [-0.15, -0.1) is 17.0 Å². The third-order valence-corrected chi connectivity index (χ3v) is 2.61. The van der Waals surface area contributed by atoms with Crippen LogP contribution < -0.4 is 0 Å². The summed E-state index contributed by atoms with van der Waals surface area (Å²) in [5.41, 5.74) is 0. The number of aromatic nitrogens is 3. The van der Waals surface area contributed by atoms with E-state index in [0.717, 1.165) is 12.8 Å². The van der Waals surface area contributed by atoms with Crippen molar-refractivity contribution in [3.8, 4) is 0 Å². The minimum atomic E-state index is -0.0261. The van der Waals surface area contributed by atoms with E-state index in [1.807, 2.05) is 0 Å². The molecule has 0 spiro atoms. The summed E-state index contributed by atoms with van der Waals surface area (Å²) in [5, 5.41) is 15.5. The third-order valence-electron chi connectivity index (χ3n) is 2.61. The van der Waals surface area contributed by atoms with E-state index < -0.39 is 0 Å². The van der Waals surface area contributed by atoms with Crippen molar-refractivity contribution in [2.45, 2.75) is 71.3 Å². The van der Waals surface area contributed by atoms with Crippen LogP contribution in [0.4, 0.5) is 0 Å². The zero-order chi connectivity index (χ0) is 12.8. The molecule has 1 aromatic heterocycles. The standard InChI is InChI=1S/C11H24O.C2H3N3.BrH/c1-3-5-7-8-10-11(12)9-6-4-2;1-3-2-5-4-1;/h11-12H,3-10H2,1-2H3;1-2H,(H,3,4,5);1H. The smallest absolute Gasteiger partial charge is 0.137 e. The van der Waals surface area contributed by atoms with Crippen LogP contribution in [0.1, 0.15) is 65.2 Å². The van der Waals surface area contributed by atoms with Gasteiger partial charge in [-0.25, -0.2) is 4.98 Å².